The van der Waals surface area contributed by atoms with Gasteiger partial charge in [0.15, 0.2) is 0 Å². The number of amidine groups is 1. The largest absolute Gasteiger partial charge is 0.447 e. The smallest absolute Gasteiger partial charge is 0.410 e. The number of rotatable bonds is 5. The first kappa shape index (κ1) is 24.8. The molecular weight excluding hydrogens is 448 g/mol. The predicted octanol–water partition coefficient (Wildman–Crippen LogP) is 2.53. The van der Waals surface area contributed by atoms with E-state index in [0.717, 1.165) is 11.1 Å². The van der Waals surface area contributed by atoms with E-state index < -0.39 is 6.04 Å². The lowest BCUT2D eigenvalue weighted by atomic mass is 10.1. The maximum atomic E-state index is 12.3. The quantitative estimate of drug-likeness (QED) is 0.338. The first-order valence-electron chi connectivity index (χ1n) is 10.9. The molecule has 0 saturated carbocycles. The molecule has 2 aliphatic rings. The van der Waals surface area contributed by atoms with Gasteiger partial charge in [-0.15, -0.1) is 0 Å². The lowest BCUT2D eigenvalue weighted by Gasteiger charge is -2.39. The fraction of sp³-hybridized carbons (Fsp3) is 0.545. The van der Waals surface area contributed by atoms with Gasteiger partial charge in [0.25, 0.3) is 6.02 Å². The fourth-order valence-corrected chi connectivity index (χ4v) is 4.04. The highest BCUT2D eigenvalue weighted by atomic mass is 35.5. The summed E-state index contributed by atoms with van der Waals surface area (Å²) in [5.74, 6) is -0.287. The minimum absolute atomic E-state index is 0.0176. The van der Waals surface area contributed by atoms with Crippen molar-refractivity contribution >= 4 is 41.2 Å². The third-order valence-corrected chi connectivity index (χ3v) is 5.83. The van der Waals surface area contributed by atoms with E-state index >= 15 is 0 Å². The summed E-state index contributed by atoms with van der Waals surface area (Å²) >= 11 is 6.34. The SMILES string of the molecule is Cc1c(CN2CCN(C(=O)OC(C)C)[C@@H](C)C2)cc(Cl)cc1N=C(N)OC(=N)C1CC(=O)N1. The Balaban J connectivity index is 1.65. The summed E-state index contributed by atoms with van der Waals surface area (Å²) in [6.07, 6.45) is -0.230. The number of β-lactam (4-membered cyclic amide) rings is 1. The molecule has 0 spiro atoms. The van der Waals surface area contributed by atoms with E-state index in [1.165, 1.54) is 0 Å². The van der Waals surface area contributed by atoms with Gasteiger partial charge < -0.3 is 25.4 Å². The van der Waals surface area contributed by atoms with Gasteiger partial charge >= 0.3 is 6.09 Å². The number of carbonyl (C=O) groups excluding carboxylic acids is 2. The molecule has 2 atom stereocenters. The summed E-state index contributed by atoms with van der Waals surface area (Å²) < 4.78 is 10.6. The van der Waals surface area contributed by atoms with Crippen LogP contribution in [0.4, 0.5) is 10.5 Å². The molecule has 1 unspecified atom stereocenters. The first-order chi connectivity index (χ1) is 15.5. The Hall–Kier alpha value is -2.85. The third kappa shape index (κ3) is 6.35. The molecule has 2 aliphatic heterocycles. The van der Waals surface area contributed by atoms with Gasteiger partial charge in [-0.3, -0.25) is 15.1 Å². The number of hydrogen-bond donors (Lipinski definition) is 3. The van der Waals surface area contributed by atoms with E-state index in [-0.39, 0.29) is 42.5 Å². The maximum Gasteiger partial charge on any atom is 0.410 e. The van der Waals surface area contributed by atoms with Gasteiger partial charge in [0, 0.05) is 37.2 Å². The van der Waals surface area contributed by atoms with Crippen LogP contribution in [0.1, 0.15) is 38.3 Å². The fourth-order valence-electron chi connectivity index (χ4n) is 3.80. The number of halogens is 1. The first-order valence-corrected chi connectivity index (χ1v) is 11.3. The van der Waals surface area contributed by atoms with E-state index in [1.807, 2.05) is 33.8 Å². The second kappa shape index (κ2) is 10.4. The molecular formula is C22H31ClN6O4. The molecule has 3 rings (SSSR count). The summed E-state index contributed by atoms with van der Waals surface area (Å²) in [6.45, 7) is 10.2. The van der Waals surface area contributed by atoms with Crippen molar-refractivity contribution in [3.05, 3.63) is 28.3 Å². The van der Waals surface area contributed by atoms with Crippen LogP contribution in [-0.2, 0) is 20.8 Å². The van der Waals surface area contributed by atoms with E-state index in [2.05, 4.69) is 15.2 Å². The molecule has 2 heterocycles. The van der Waals surface area contributed by atoms with Crippen LogP contribution in [0.3, 0.4) is 0 Å². The Morgan fingerprint density at radius 1 is 1.39 bits per heavy atom. The van der Waals surface area contributed by atoms with Crippen LogP contribution < -0.4 is 11.1 Å². The predicted molar refractivity (Wildman–Crippen MR) is 126 cm³/mol. The van der Waals surface area contributed by atoms with Gasteiger partial charge in [0.2, 0.25) is 11.8 Å². The molecule has 0 radical (unpaired) electrons. The number of nitrogens with one attached hydrogen (secondary N) is 2. The number of piperazine rings is 1. The van der Waals surface area contributed by atoms with Crippen LogP contribution in [0.5, 0.6) is 0 Å². The normalized spacial score (nSPS) is 21.5. The number of nitrogens with two attached hydrogens (primary N) is 1. The van der Waals surface area contributed by atoms with Gasteiger partial charge in [-0.1, -0.05) is 11.6 Å². The number of amides is 2. The second-order valence-corrected chi connectivity index (χ2v) is 9.10. The van der Waals surface area contributed by atoms with Crippen molar-refractivity contribution in [2.45, 2.75) is 58.8 Å². The van der Waals surface area contributed by atoms with Gasteiger partial charge in [-0.05, 0) is 51.0 Å². The van der Waals surface area contributed by atoms with Crippen molar-refractivity contribution in [3.8, 4) is 0 Å². The molecule has 0 bridgehead atoms. The van der Waals surface area contributed by atoms with E-state index in [9.17, 15) is 9.59 Å². The number of benzene rings is 1. The van der Waals surface area contributed by atoms with Crippen LogP contribution in [0.15, 0.2) is 17.1 Å². The molecule has 1 aromatic rings. The third-order valence-electron chi connectivity index (χ3n) is 5.62. The molecule has 33 heavy (non-hydrogen) atoms. The molecule has 2 fully saturated rings. The number of nitrogens with zero attached hydrogens (tertiary/aromatic N) is 3. The Bertz CT molecular complexity index is 958. The highest BCUT2D eigenvalue weighted by Crippen LogP contribution is 2.29. The van der Waals surface area contributed by atoms with Crippen LogP contribution in [0, 0.1) is 12.3 Å². The van der Waals surface area contributed by atoms with Crippen LogP contribution >= 0.6 is 11.6 Å². The van der Waals surface area contributed by atoms with Crippen LogP contribution in [0.2, 0.25) is 5.02 Å². The summed E-state index contributed by atoms with van der Waals surface area (Å²) in [6, 6.07) is 2.93. The Kier molecular flexibility index (Phi) is 7.80. The highest BCUT2D eigenvalue weighted by Gasteiger charge is 2.31. The van der Waals surface area contributed by atoms with Crippen molar-refractivity contribution in [2.24, 2.45) is 10.7 Å². The Morgan fingerprint density at radius 2 is 2.09 bits per heavy atom. The van der Waals surface area contributed by atoms with E-state index in [4.69, 9.17) is 32.2 Å². The van der Waals surface area contributed by atoms with E-state index in [0.29, 0.717) is 36.9 Å². The Labute approximate surface area is 198 Å². The lowest BCUT2D eigenvalue weighted by Crippen LogP contribution is -2.54. The summed E-state index contributed by atoms with van der Waals surface area (Å²) in [5.41, 5.74) is 8.31. The van der Waals surface area contributed by atoms with Crippen molar-refractivity contribution in [2.75, 3.05) is 19.6 Å². The molecule has 180 valence electrons. The topological polar surface area (TPSA) is 133 Å². The molecule has 11 heteroatoms. The average Bonchev–Trinajstić information content (AvgIpc) is 2.68. The van der Waals surface area contributed by atoms with Crippen molar-refractivity contribution in [1.82, 2.24) is 15.1 Å². The van der Waals surface area contributed by atoms with Crippen molar-refractivity contribution in [1.29, 1.82) is 5.41 Å². The molecule has 4 N–H and O–H groups in total. The summed E-state index contributed by atoms with van der Waals surface area (Å²) in [4.78, 5) is 31.6. The Morgan fingerprint density at radius 3 is 2.70 bits per heavy atom. The monoisotopic (exact) mass is 478 g/mol. The van der Waals surface area contributed by atoms with Gasteiger partial charge in [-0.2, -0.15) is 4.99 Å². The zero-order valence-corrected chi connectivity index (χ0v) is 20.1. The number of aliphatic imine (C=N–C) groups is 1. The zero-order chi connectivity index (χ0) is 24.3. The van der Waals surface area contributed by atoms with E-state index in [1.54, 1.807) is 11.0 Å². The summed E-state index contributed by atoms with van der Waals surface area (Å²) in [7, 11) is 0. The molecule has 2 saturated heterocycles. The second-order valence-electron chi connectivity index (χ2n) is 8.66. The summed E-state index contributed by atoms with van der Waals surface area (Å²) in [5, 5.41) is 10.9. The molecule has 0 aromatic heterocycles. The van der Waals surface area contributed by atoms with Crippen LogP contribution in [0.25, 0.3) is 0 Å². The van der Waals surface area contributed by atoms with Gasteiger partial charge in [0.1, 0.15) is 6.04 Å². The number of carbonyl (C=O) groups is 2. The molecule has 1 aromatic carbocycles. The zero-order valence-electron chi connectivity index (χ0n) is 19.4. The maximum absolute atomic E-state index is 12.3. The van der Waals surface area contributed by atoms with Gasteiger partial charge in [0.05, 0.1) is 18.2 Å². The average molecular weight is 479 g/mol. The minimum Gasteiger partial charge on any atom is -0.447 e. The van der Waals surface area contributed by atoms with Crippen LogP contribution in [-0.4, -0.2) is 71.5 Å². The molecule has 2 amide bonds. The number of ether oxygens (including phenoxy) is 2. The minimum atomic E-state index is -0.472. The van der Waals surface area contributed by atoms with Gasteiger partial charge in [-0.25, -0.2) is 4.79 Å². The number of hydrogen-bond acceptors (Lipinski definition) is 7. The molecule has 0 aliphatic carbocycles. The van der Waals surface area contributed by atoms with Crippen molar-refractivity contribution < 1.29 is 19.1 Å². The van der Waals surface area contributed by atoms with Crippen molar-refractivity contribution in [3.63, 3.8) is 0 Å². The lowest BCUT2D eigenvalue weighted by molar-refractivity contribution is -0.126. The molecule has 10 nitrogen and oxygen atoms in total. The highest BCUT2D eigenvalue weighted by molar-refractivity contribution is 6.31. The standard InChI is InChI=1S/C22H31ClN6O4/c1-12(2)32-22(31)29-6-5-28(10-13(29)3)11-15-7-16(23)8-17(14(15)4)27-21(25)33-20(24)18-9-19(30)26-18/h7-8,12-13,18,24H,5-6,9-11H2,1-4H3,(H2,25,27)(H,26,30)/t13-,18?/m0/s1.